The van der Waals surface area contributed by atoms with Gasteiger partial charge in [-0.15, -0.1) is 0 Å². The third kappa shape index (κ3) is 4.72. The van der Waals surface area contributed by atoms with E-state index in [1.54, 1.807) is 12.1 Å². The molecule has 8 nitrogen and oxygen atoms in total. The zero-order chi connectivity index (χ0) is 22.0. The van der Waals surface area contributed by atoms with E-state index in [4.69, 9.17) is 14.4 Å². The zero-order valence-corrected chi connectivity index (χ0v) is 17.3. The number of aryl methyl sites for hydroxylation is 2. The lowest BCUT2D eigenvalue weighted by molar-refractivity contribution is -0.0367. The molecule has 9 heteroatoms. The molecule has 31 heavy (non-hydrogen) atoms. The van der Waals surface area contributed by atoms with Crippen LogP contribution in [0.1, 0.15) is 30.3 Å². The third-order valence-electron chi connectivity index (χ3n) is 5.21. The monoisotopic (exact) mass is 426 g/mol. The Labute approximate surface area is 178 Å². The van der Waals surface area contributed by atoms with Crippen molar-refractivity contribution in [3.63, 3.8) is 0 Å². The number of rotatable bonds is 7. The van der Waals surface area contributed by atoms with Gasteiger partial charge in [-0.2, -0.15) is 4.98 Å². The molecule has 1 aromatic carbocycles. The average molecular weight is 426 g/mol. The molecule has 0 amide bonds. The Hall–Kier alpha value is -3.33. The molecule has 0 bridgehead atoms. The summed E-state index contributed by atoms with van der Waals surface area (Å²) in [5.41, 5.74) is 3.54. The predicted molar refractivity (Wildman–Crippen MR) is 110 cm³/mol. The summed E-state index contributed by atoms with van der Waals surface area (Å²) in [4.78, 5) is 21.6. The first-order valence-electron chi connectivity index (χ1n) is 10.1. The Morgan fingerprint density at radius 3 is 2.77 bits per heavy atom. The molecule has 0 saturated carbocycles. The van der Waals surface area contributed by atoms with Gasteiger partial charge in [-0.25, -0.2) is 9.18 Å². The molecular formula is C22H23FN4O4. The maximum Gasteiger partial charge on any atom is 0.506 e. The molecule has 1 aliphatic heterocycles. The molecule has 1 fully saturated rings. The fraction of sp³-hybridized carbons (Fsp3) is 0.364. The summed E-state index contributed by atoms with van der Waals surface area (Å²) in [5, 5.41) is 12.7. The Kier molecular flexibility index (Phi) is 5.94. The maximum atomic E-state index is 14.2. The summed E-state index contributed by atoms with van der Waals surface area (Å²) in [7, 11) is 0. The van der Waals surface area contributed by atoms with E-state index in [-0.39, 0.29) is 17.8 Å². The topological polar surface area (TPSA) is 102 Å². The first-order valence-corrected chi connectivity index (χ1v) is 10.1. The van der Waals surface area contributed by atoms with Crippen molar-refractivity contribution in [1.82, 2.24) is 20.0 Å². The molecule has 162 valence electrons. The number of carboxylic acid groups (broad SMARTS) is 1. The van der Waals surface area contributed by atoms with Crippen LogP contribution >= 0.6 is 0 Å². The number of hydrogen-bond acceptors (Lipinski definition) is 7. The predicted octanol–water partition coefficient (Wildman–Crippen LogP) is 4.08. The van der Waals surface area contributed by atoms with Crippen molar-refractivity contribution in [2.75, 3.05) is 13.1 Å². The molecule has 1 aliphatic rings. The third-order valence-corrected chi connectivity index (χ3v) is 5.21. The number of halogens is 1. The van der Waals surface area contributed by atoms with Crippen LogP contribution in [0.4, 0.5) is 9.18 Å². The highest BCUT2D eigenvalue weighted by atomic mass is 19.1. The zero-order valence-electron chi connectivity index (χ0n) is 17.3. The molecule has 1 saturated heterocycles. The van der Waals surface area contributed by atoms with Gasteiger partial charge in [-0.05, 0) is 43.2 Å². The minimum atomic E-state index is -1.25. The van der Waals surface area contributed by atoms with Gasteiger partial charge in [0.05, 0.1) is 5.69 Å². The van der Waals surface area contributed by atoms with Crippen molar-refractivity contribution in [3.8, 4) is 22.8 Å². The molecule has 3 heterocycles. The van der Waals surface area contributed by atoms with Crippen molar-refractivity contribution in [1.29, 1.82) is 0 Å². The summed E-state index contributed by atoms with van der Waals surface area (Å²) in [6.07, 6.45) is 0.0272. The summed E-state index contributed by atoms with van der Waals surface area (Å²) in [6.45, 7) is 5.57. The Balaban J connectivity index is 1.44. The molecule has 2 aromatic heterocycles. The second-order valence-corrected chi connectivity index (χ2v) is 7.61. The molecule has 1 N–H and O–H groups in total. The van der Waals surface area contributed by atoms with Crippen LogP contribution < -0.4 is 0 Å². The maximum absolute atomic E-state index is 14.2. The number of benzene rings is 1. The standard InChI is InChI=1S/C22H23FN4O4/c1-3-4-14-5-6-15(9-19(14)23)21-25-20(26-31-21)18-8-7-16(24-13(18)2)10-27-11-17(12-27)30-22(28)29/h5-9,17H,3-4,10-12H2,1-2H3,(H,28,29). The van der Waals surface area contributed by atoms with E-state index < -0.39 is 6.16 Å². The normalized spacial score (nSPS) is 14.4. The Morgan fingerprint density at radius 1 is 1.29 bits per heavy atom. The molecule has 0 aliphatic carbocycles. The van der Waals surface area contributed by atoms with E-state index in [1.165, 1.54) is 6.07 Å². The molecule has 3 aromatic rings. The molecule has 0 unspecified atom stereocenters. The van der Waals surface area contributed by atoms with E-state index in [9.17, 15) is 9.18 Å². The van der Waals surface area contributed by atoms with Crippen LogP contribution in [0.25, 0.3) is 22.8 Å². The quantitative estimate of drug-likeness (QED) is 0.564. The molecular weight excluding hydrogens is 403 g/mol. The smallest absolute Gasteiger partial charge is 0.450 e. The summed E-state index contributed by atoms with van der Waals surface area (Å²) in [5.74, 6) is 0.372. The molecule has 0 spiro atoms. The number of aromatic nitrogens is 3. The summed E-state index contributed by atoms with van der Waals surface area (Å²) < 4.78 is 24.3. The first kappa shape index (κ1) is 20.9. The van der Waals surface area contributed by atoms with Gasteiger partial charge in [0.1, 0.15) is 11.9 Å². The lowest BCUT2D eigenvalue weighted by Crippen LogP contribution is -2.52. The molecule has 4 rings (SSSR count). The largest absolute Gasteiger partial charge is 0.506 e. The fourth-order valence-electron chi connectivity index (χ4n) is 3.64. The lowest BCUT2D eigenvalue weighted by atomic mass is 10.1. The number of likely N-dealkylation sites (tertiary alicyclic amines) is 1. The highest BCUT2D eigenvalue weighted by molar-refractivity contribution is 5.62. The van der Waals surface area contributed by atoms with Gasteiger partial charge < -0.3 is 14.4 Å². The number of pyridine rings is 1. The van der Waals surface area contributed by atoms with E-state index >= 15 is 0 Å². The Morgan fingerprint density at radius 2 is 2.10 bits per heavy atom. The number of carbonyl (C=O) groups is 1. The lowest BCUT2D eigenvalue weighted by Gasteiger charge is -2.37. The first-order chi connectivity index (χ1) is 14.9. The highest BCUT2D eigenvalue weighted by Crippen LogP contribution is 2.26. The van der Waals surface area contributed by atoms with E-state index in [2.05, 4.69) is 20.0 Å². The van der Waals surface area contributed by atoms with Crippen molar-refractivity contribution >= 4 is 6.16 Å². The number of hydrogen-bond donors (Lipinski definition) is 1. The van der Waals surface area contributed by atoms with Gasteiger partial charge in [0.15, 0.2) is 0 Å². The summed E-state index contributed by atoms with van der Waals surface area (Å²) >= 11 is 0. The average Bonchev–Trinajstić information content (AvgIpc) is 3.17. The van der Waals surface area contributed by atoms with Crippen LogP contribution in [0.2, 0.25) is 0 Å². The minimum Gasteiger partial charge on any atom is -0.450 e. The van der Waals surface area contributed by atoms with Gasteiger partial charge in [-0.1, -0.05) is 24.6 Å². The molecule has 0 atom stereocenters. The van der Waals surface area contributed by atoms with Gasteiger partial charge in [0.2, 0.25) is 5.82 Å². The van der Waals surface area contributed by atoms with Crippen LogP contribution in [0.5, 0.6) is 0 Å². The van der Waals surface area contributed by atoms with E-state index in [1.807, 2.05) is 26.0 Å². The van der Waals surface area contributed by atoms with Crippen LogP contribution in [-0.4, -0.2) is 50.5 Å². The van der Waals surface area contributed by atoms with Gasteiger partial charge in [0.25, 0.3) is 5.89 Å². The summed E-state index contributed by atoms with van der Waals surface area (Å²) in [6, 6.07) is 8.71. The van der Waals surface area contributed by atoms with Crippen molar-refractivity contribution in [2.24, 2.45) is 0 Å². The van der Waals surface area contributed by atoms with Crippen LogP contribution in [0.3, 0.4) is 0 Å². The van der Waals surface area contributed by atoms with E-state index in [0.29, 0.717) is 43.0 Å². The minimum absolute atomic E-state index is 0.255. The number of nitrogens with zero attached hydrogens (tertiary/aromatic N) is 4. The van der Waals surface area contributed by atoms with Crippen molar-refractivity contribution < 1.29 is 23.6 Å². The van der Waals surface area contributed by atoms with Crippen LogP contribution in [0, 0.1) is 12.7 Å². The van der Waals surface area contributed by atoms with Crippen LogP contribution in [-0.2, 0) is 17.7 Å². The molecule has 0 radical (unpaired) electrons. The highest BCUT2D eigenvalue weighted by Gasteiger charge is 2.30. The fourth-order valence-corrected chi connectivity index (χ4v) is 3.64. The van der Waals surface area contributed by atoms with Crippen molar-refractivity contribution in [2.45, 2.75) is 39.3 Å². The SMILES string of the molecule is CCCc1ccc(-c2nc(-c3ccc(CN4CC(OC(=O)O)C4)nc3C)no2)cc1F. The van der Waals surface area contributed by atoms with Crippen molar-refractivity contribution in [3.05, 3.63) is 53.1 Å². The Bertz CT molecular complexity index is 1090. The van der Waals surface area contributed by atoms with E-state index in [0.717, 1.165) is 23.4 Å². The van der Waals surface area contributed by atoms with Crippen LogP contribution in [0.15, 0.2) is 34.9 Å². The number of ether oxygens (including phenoxy) is 1. The van der Waals surface area contributed by atoms with Gasteiger partial charge in [-0.3, -0.25) is 9.88 Å². The van der Waals surface area contributed by atoms with Gasteiger partial charge in [0, 0.05) is 36.5 Å². The second-order valence-electron chi connectivity index (χ2n) is 7.61. The second kappa shape index (κ2) is 8.81. The van der Waals surface area contributed by atoms with Gasteiger partial charge >= 0.3 is 6.16 Å².